The van der Waals surface area contributed by atoms with Crippen LogP contribution in [0.2, 0.25) is 0 Å². The largest absolute Gasteiger partial charge is 0.504 e. The molecule has 4 rings (SSSR count). The van der Waals surface area contributed by atoms with Gasteiger partial charge in [0.15, 0.2) is 41.7 Å². The van der Waals surface area contributed by atoms with Crippen molar-refractivity contribution in [3.63, 3.8) is 0 Å². The van der Waals surface area contributed by atoms with E-state index < -0.39 is 86.3 Å². The molecule has 2 saturated heterocycles. The van der Waals surface area contributed by atoms with Crippen LogP contribution in [-0.2, 0) is 34.9 Å². The normalized spacial score (nSPS) is 32.0. The van der Waals surface area contributed by atoms with Gasteiger partial charge in [-0.3, -0.25) is 0 Å². The van der Waals surface area contributed by atoms with Crippen LogP contribution >= 0.6 is 0 Å². The monoisotopic (exact) mass is 640 g/mol. The van der Waals surface area contributed by atoms with Gasteiger partial charge in [0, 0.05) is 6.08 Å². The number of hydrogen-bond acceptors (Lipinski definition) is 16. The zero-order valence-electron chi connectivity index (χ0n) is 23.6. The Labute approximate surface area is 256 Å². The van der Waals surface area contributed by atoms with Gasteiger partial charge in [0.2, 0.25) is 0 Å². The van der Waals surface area contributed by atoms with Crippen LogP contribution in [0.3, 0.4) is 0 Å². The number of ether oxygens (including phenoxy) is 5. The number of aliphatic hydroxyl groups is 6. The van der Waals surface area contributed by atoms with Crippen molar-refractivity contribution in [2.75, 3.05) is 19.8 Å². The molecule has 2 aromatic rings. The molecule has 0 spiro atoms. The van der Waals surface area contributed by atoms with Gasteiger partial charge in [0.25, 0.3) is 0 Å². The summed E-state index contributed by atoms with van der Waals surface area (Å²) in [6.45, 7) is -1.37. The van der Waals surface area contributed by atoms with Crippen LogP contribution in [-0.4, -0.2) is 138 Å². The van der Waals surface area contributed by atoms with Crippen molar-refractivity contribution in [2.45, 2.75) is 67.8 Å². The summed E-state index contributed by atoms with van der Waals surface area (Å²) in [5.41, 5.74) is 0.885. The van der Waals surface area contributed by atoms with Crippen LogP contribution in [0.4, 0.5) is 0 Å². The van der Waals surface area contributed by atoms with Crippen LogP contribution in [0.1, 0.15) is 11.1 Å². The summed E-state index contributed by atoms with van der Waals surface area (Å²) in [5, 5.41) is 99.7. The third kappa shape index (κ3) is 8.39. The Balaban J connectivity index is 1.45. The topological polar surface area (TPSA) is 266 Å². The number of rotatable bonds is 11. The van der Waals surface area contributed by atoms with Gasteiger partial charge in [-0.1, -0.05) is 12.1 Å². The van der Waals surface area contributed by atoms with E-state index in [-0.39, 0.29) is 30.3 Å². The number of hydrogen-bond donors (Lipinski definition) is 10. The Morgan fingerprint density at radius 3 is 2.04 bits per heavy atom. The van der Waals surface area contributed by atoms with Gasteiger partial charge >= 0.3 is 5.97 Å². The highest BCUT2D eigenvalue weighted by molar-refractivity contribution is 5.87. The molecule has 2 aromatic carbocycles. The Kier molecular flexibility index (Phi) is 11.6. The molecule has 0 aliphatic carbocycles. The minimum absolute atomic E-state index is 0.116. The molecule has 0 aromatic heterocycles. The summed E-state index contributed by atoms with van der Waals surface area (Å²) in [5.74, 6) is -2.45. The number of aromatic hydroxyl groups is 4. The molecule has 10 atom stereocenters. The molecule has 45 heavy (non-hydrogen) atoms. The zero-order valence-corrected chi connectivity index (χ0v) is 23.6. The number of esters is 1. The van der Waals surface area contributed by atoms with Gasteiger partial charge in [0.05, 0.1) is 19.8 Å². The van der Waals surface area contributed by atoms with Crippen molar-refractivity contribution in [1.82, 2.24) is 0 Å². The predicted molar refractivity (Wildman–Crippen MR) is 149 cm³/mol. The quantitative estimate of drug-likeness (QED) is 0.0720. The standard InChI is InChI=1S/C29H36O16/c30-11-19-22(36)24(38)26(40)28(43-19)42-12-20-23(37)25(39)27(45-21(35)6-3-13-1-4-15(31)17(33)9-13)29(44-20)41-8-7-14-2-5-16(32)18(34)10-14/h1-6,9-10,19-20,22-34,36-40H,7-8,11-12H2/t19-,20-,22-,23-,24+,25+,26-,27-,28-,29-/m1/s1. The summed E-state index contributed by atoms with van der Waals surface area (Å²) in [4.78, 5) is 12.7. The third-order valence-electron chi connectivity index (χ3n) is 7.29. The minimum atomic E-state index is -1.79. The molecule has 16 nitrogen and oxygen atoms in total. The fourth-order valence-corrected chi connectivity index (χ4v) is 4.70. The molecule has 2 heterocycles. The first-order chi connectivity index (χ1) is 21.4. The van der Waals surface area contributed by atoms with Crippen molar-refractivity contribution in [3.05, 3.63) is 53.6 Å². The lowest BCUT2D eigenvalue weighted by Crippen LogP contribution is -2.62. The molecular formula is C29H36O16. The summed E-state index contributed by atoms with van der Waals surface area (Å²) in [7, 11) is 0. The van der Waals surface area contributed by atoms with Gasteiger partial charge < -0.3 is 74.7 Å². The summed E-state index contributed by atoms with van der Waals surface area (Å²) in [6, 6.07) is 7.92. The molecule has 2 fully saturated rings. The lowest BCUT2D eigenvalue weighted by molar-refractivity contribution is -0.331. The summed E-state index contributed by atoms with van der Waals surface area (Å²) in [6.07, 6.45) is -13.5. The van der Waals surface area contributed by atoms with E-state index in [0.717, 1.165) is 6.08 Å². The third-order valence-corrected chi connectivity index (χ3v) is 7.29. The van der Waals surface area contributed by atoms with Gasteiger partial charge in [-0.05, 0) is 47.9 Å². The Bertz CT molecular complexity index is 1320. The van der Waals surface area contributed by atoms with Crippen LogP contribution in [0.25, 0.3) is 6.08 Å². The number of carbonyl (C=O) groups is 1. The molecule has 0 amide bonds. The zero-order chi connectivity index (χ0) is 32.8. The average molecular weight is 641 g/mol. The number of carbonyl (C=O) groups excluding carboxylic acids is 1. The van der Waals surface area contributed by atoms with E-state index in [2.05, 4.69) is 0 Å². The van der Waals surface area contributed by atoms with Crippen molar-refractivity contribution >= 4 is 12.0 Å². The van der Waals surface area contributed by atoms with E-state index in [1.54, 1.807) is 0 Å². The first kappa shape index (κ1) is 34.3. The number of aliphatic hydroxyl groups excluding tert-OH is 6. The summed E-state index contributed by atoms with van der Waals surface area (Å²) >= 11 is 0. The average Bonchev–Trinajstić information content (AvgIpc) is 3.01. The van der Waals surface area contributed by atoms with Crippen LogP contribution in [0.5, 0.6) is 23.0 Å². The van der Waals surface area contributed by atoms with Crippen LogP contribution in [0.15, 0.2) is 42.5 Å². The highest BCUT2D eigenvalue weighted by Gasteiger charge is 2.49. The smallest absolute Gasteiger partial charge is 0.331 e. The van der Waals surface area contributed by atoms with E-state index >= 15 is 0 Å². The van der Waals surface area contributed by atoms with Crippen molar-refractivity contribution in [2.24, 2.45) is 0 Å². The van der Waals surface area contributed by atoms with Gasteiger partial charge in [-0.25, -0.2) is 4.79 Å². The highest BCUT2D eigenvalue weighted by atomic mass is 16.7. The Morgan fingerprint density at radius 1 is 0.733 bits per heavy atom. The van der Waals surface area contributed by atoms with Crippen LogP contribution < -0.4 is 0 Å². The lowest BCUT2D eigenvalue weighted by atomic mass is 9.98. The first-order valence-electron chi connectivity index (χ1n) is 13.9. The van der Waals surface area contributed by atoms with Crippen molar-refractivity contribution in [1.29, 1.82) is 0 Å². The summed E-state index contributed by atoms with van der Waals surface area (Å²) < 4.78 is 27.6. The first-order valence-corrected chi connectivity index (χ1v) is 13.9. The predicted octanol–water partition coefficient (Wildman–Crippen LogP) is -2.04. The fourth-order valence-electron chi connectivity index (χ4n) is 4.70. The Morgan fingerprint density at radius 2 is 1.38 bits per heavy atom. The second-order valence-electron chi connectivity index (χ2n) is 10.5. The molecule has 16 heteroatoms. The van der Waals surface area contributed by atoms with Gasteiger partial charge in [-0.15, -0.1) is 0 Å². The van der Waals surface area contributed by atoms with E-state index in [1.165, 1.54) is 42.5 Å². The second kappa shape index (κ2) is 15.2. The highest BCUT2D eigenvalue weighted by Crippen LogP contribution is 2.29. The number of benzene rings is 2. The van der Waals surface area contributed by atoms with Gasteiger partial charge in [0.1, 0.15) is 42.7 Å². The molecule has 2 aliphatic heterocycles. The van der Waals surface area contributed by atoms with E-state index in [9.17, 15) is 55.9 Å². The maximum absolute atomic E-state index is 12.7. The van der Waals surface area contributed by atoms with Gasteiger partial charge in [-0.2, -0.15) is 0 Å². The SMILES string of the molecule is O=C(C=Cc1ccc(O)c(O)c1)O[C@H]1[C@H](OCCc2ccc(O)c(O)c2)O[C@H](CO[C@@H]2O[C@H](CO)[C@@H](O)[C@H](O)[C@H]2O)[C@@H](O)[C@@H]1O. The number of phenolic OH excluding ortho intramolecular Hbond substituents is 4. The molecular weight excluding hydrogens is 604 g/mol. The second-order valence-corrected chi connectivity index (χ2v) is 10.5. The van der Waals surface area contributed by atoms with Crippen molar-refractivity contribution in [3.8, 4) is 23.0 Å². The van der Waals surface area contributed by atoms with E-state index in [1.807, 2.05) is 0 Å². The maximum Gasteiger partial charge on any atom is 0.331 e. The fraction of sp³-hybridized carbons (Fsp3) is 0.483. The van der Waals surface area contributed by atoms with E-state index in [4.69, 9.17) is 23.7 Å². The Hall–Kier alpha value is -3.55. The number of phenols is 4. The minimum Gasteiger partial charge on any atom is -0.504 e. The molecule has 2 aliphatic rings. The van der Waals surface area contributed by atoms with Crippen LogP contribution in [0, 0.1) is 0 Å². The molecule has 0 bridgehead atoms. The maximum atomic E-state index is 12.7. The molecule has 0 unspecified atom stereocenters. The molecule has 0 saturated carbocycles. The lowest BCUT2D eigenvalue weighted by Gasteiger charge is -2.43. The molecule has 248 valence electrons. The molecule has 0 radical (unpaired) electrons. The molecule has 10 N–H and O–H groups in total. The van der Waals surface area contributed by atoms with E-state index in [0.29, 0.717) is 11.1 Å². The van der Waals surface area contributed by atoms with Crippen molar-refractivity contribution < 1.29 is 79.5 Å².